The maximum absolute atomic E-state index is 5.84. The lowest BCUT2D eigenvalue weighted by Crippen LogP contribution is -1.84. The third kappa shape index (κ3) is 1.61. The smallest absolute Gasteiger partial charge is 0.198 e. The van der Waals surface area contributed by atoms with Crippen LogP contribution in [0.4, 0.5) is 0 Å². The number of oxazole rings is 1. The Morgan fingerprint density at radius 2 is 1.70 bits per heavy atom. The number of aromatic nitrogens is 1. The summed E-state index contributed by atoms with van der Waals surface area (Å²) in [5, 5.41) is 4.95. The van der Waals surface area contributed by atoms with Crippen LogP contribution in [0, 0.1) is 0 Å². The van der Waals surface area contributed by atoms with E-state index in [9.17, 15) is 0 Å². The first kappa shape index (κ1) is 11.5. The van der Waals surface area contributed by atoms with E-state index in [1.807, 2.05) is 0 Å². The minimum absolute atomic E-state index is 0.308. The largest absolute Gasteiger partial charge is 0.440 e. The van der Waals surface area contributed by atoms with E-state index in [2.05, 4.69) is 67.4 Å². The molecule has 0 atom stereocenters. The van der Waals surface area contributed by atoms with E-state index >= 15 is 0 Å². The van der Waals surface area contributed by atoms with Gasteiger partial charge in [-0.05, 0) is 33.7 Å². The first-order valence-electron chi connectivity index (χ1n) is 6.94. The predicted octanol–water partition coefficient (Wildman–Crippen LogP) is 5.26. The van der Waals surface area contributed by atoms with Gasteiger partial charge in [-0.15, -0.1) is 0 Å². The van der Waals surface area contributed by atoms with Crippen molar-refractivity contribution in [3.63, 3.8) is 0 Å². The summed E-state index contributed by atoms with van der Waals surface area (Å²) in [6.45, 7) is 4.19. The Morgan fingerprint density at radius 1 is 0.900 bits per heavy atom. The van der Waals surface area contributed by atoms with Gasteiger partial charge in [-0.1, -0.05) is 50.2 Å². The highest BCUT2D eigenvalue weighted by Crippen LogP contribution is 2.30. The molecule has 20 heavy (non-hydrogen) atoms. The van der Waals surface area contributed by atoms with Gasteiger partial charge in [0, 0.05) is 5.92 Å². The van der Waals surface area contributed by atoms with Crippen molar-refractivity contribution in [2.24, 2.45) is 0 Å². The number of rotatable bonds is 1. The fraction of sp³-hybridized carbons (Fsp3) is 0.167. The van der Waals surface area contributed by atoms with Crippen LogP contribution in [0.3, 0.4) is 0 Å². The van der Waals surface area contributed by atoms with Crippen LogP contribution in [-0.4, -0.2) is 4.98 Å². The third-order valence-corrected chi connectivity index (χ3v) is 3.76. The highest BCUT2D eigenvalue weighted by molar-refractivity contribution is 6.10. The van der Waals surface area contributed by atoms with Crippen molar-refractivity contribution >= 4 is 32.6 Å². The molecule has 2 heteroatoms. The van der Waals surface area contributed by atoms with Crippen molar-refractivity contribution in [2.45, 2.75) is 19.8 Å². The van der Waals surface area contributed by atoms with Gasteiger partial charge in [0.25, 0.3) is 0 Å². The zero-order valence-corrected chi connectivity index (χ0v) is 11.6. The Bertz CT molecular complexity index is 934. The summed E-state index contributed by atoms with van der Waals surface area (Å²) < 4.78 is 5.84. The molecule has 0 radical (unpaired) electrons. The second kappa shape index (κ2) is 4.07. The molecule has 0 saturated carbocycles. The lowest BCUT2D eigenvalue weighted by atomic mass is 10.0. The van der Waals surface area contributed by atoms with E-state index in [4.69, 9.17) is 4.42 Å². The summed E-state index contributed by atoms with van der Waals surface area (Å²) in [4.78, 5) is 4.60. The van der Waals surface area contributed by atoms with Crippen LogP contribution in [0.15, 0.2) is 52.9 Å². The molecular formula is C18H15NO. The average molecular weight is 261 g/mol. The standard InChI is InChI=1S/C18H15NO/c1-11(2)18-19-16-10-15-13(9-17(16)20-18)8-7-12-5-3-4-6-14(12)15/h3-11H,1-2H3. The van der Waals surface area contributed by atoms with Gasteiger partial charge < -0.3 is 4.42 Å². The number of nitrogens with zero attached hydrogens (tertiary/aromatic N) is 1. The van der Waals surface area contributed by atoms with Gasteiger partial charge in [0.1, 0.15) is 5.52 Å². The van der Waals surface area contributed by atoms with Crippen LogP contribution in [0.1, 0.15) is 25.7 Å². The Kier molecular flexibility index (Phi) is 2.34. The van der Waals surface area contributed by atoms with Crippen LogP contribution < -0.4 is 0 Å². The molecule has 1 aromatic heterocycles. The number of hydrogen-bond donors (Lipinski definition) is 0. The zero-order valence-electron chi connectivity index (χ0n) is 11.6. The van der Waals surface area contributed by atoms with E-state index < -0.39 is 0 Å². The molecule has 0 spiro atoms. The Hall–Kier alpha value is -2.35. The third-order valence-electron chi connectivity index (χ3n) is 3.76. The molecule has 1 heterocycles. The van der Waals surface area contributed by atoms with Gasteiger partial charge in [-0.3, -0.25) is 0 Å². The van der Waals surface area contributed by atoms with E-state index in [1.54, 1.807) is 0 Å². The topological polar surface area (TPSA) is 26.0 Å². The Balaban J connectivity index is 2.13. The average Bonchev–Trinajstić information content (AvgIpc) is 2.88. The van der Waals surface area contributed by atoms with Crippen LogP contribution in [-0.2, 0) is 0 Å². The Morgan fingerprint density at radius 3 is 2.55 bits per heavy atom. The van der Waals surface area contributed by atoms with Crippen molar-refractivity contribution in [1.29, 1.82) is 0 Å². The van der Waals surface area contributed by atoms with Crippen LogP contribution in [0.2, 0.25) is 0 Å². The molecule has 0 unspecified atom stereocenters. The maximum Gasteiger partial charge on any atom is 0.198 e. The van der Waals surface area contributed by atoms with Crippen LogP contribution in [0.5, 0.6) is 0 Å². The molecule has 0 fully saturated rings. The summed E-state index contributed by atoms with van der Waals surface area (Å²) in [5.41, 5.74) is 1.81. The van der Waals surface area contributed by atoms with Crippen molar-refractivity contribution in [3.05, 3.63) is 54.4 Å². The molecular weight excluding hydrogens is 246 g/mol. The Labute approximate surface area is 117 Å². The van der Waals surface area contributed by atoms with E-state index in [1.165, 1.54) is 21.5 Å². The molecule has 0 N–H and O–H groups in total. The maximum atomic E-state index is 5.84. The quantitative estimate of drug-likeness (QED) is 0.437. The second-order valence-electron chi connectivity index (χ2n) is 5.53. The minimum atomic E-state index is 0.308. The van der Waals surface area contributed by atoms with Gasteiger partial charge >= 0.3 is 0 Å². The highest BCUT2D eigenvalue weighted by Gasteiger charge is 2.11. The van der Waals surface area contributed by atoms with Crippen molar-refractivity contribution < 1.29 is 4.42 Å². The molecule has 98 valence electrons. The van der Waals surface area contributed by atoms with Gasteiger partial charge in [0.15, 0.2) is 11.5 Å². The van der Waals surface area contributed by atoms with E-state index in [0.29, 0.717) is 5.92 Å². The predicted molar refractivity (Wildman–Crippen MR) is 83.1 cm³/mol. The fourth-order valence-corrected chi connectivity index (χ4v) is 2.69. The molecule has 0 aliphatic carbocycles. The first-order valence-corrected chi connectivity index (χ1v) is 6.94. The molecule has 3 aromatic carbocycles. The highest BCUT2D eigenvalue weighted by atomic mass is 16.3. The molecule has 0 aliphatic rings. The SMILES string of the molecule is CC(C)c1nc2cc3c(ccc4ccccc43)cc2o1. The molecule has 4 rings (SSSR count). The lowest BCUT2D eigenvalue weighted by Gasteiger charge is -2.03. The van der Waals surface area contributed by atoms with Crippen molar-refractivity contribution in [3.8, 4) is 0 Å². The van der Waals surface area contributed by atoms with Crippen LogP contribution >= 0.6 is 0 Å². The molecule has 2 nitrogen and oxygen atoms in total. The zero-order chi connectivity index (χ0) is 13.7. The van der Waals surface area contributed by atoms with Gasteiger partial charge in [-0.2, -0.15) is 0 Å². The summed E-state index contributed by atoms with van der Waals surface area (Å²) in [6, 6.07) is 17.0. The molecule has 0 saturated heterocycles. The van der Waals surface area contributed by atoms with Crippen molar-refractivity contribution in [1.82, 2.24) is 4.98 Å². The summed E-state index contributed by atoms with van der Waals surface area (Å²) in [6.07, 6.45) is 0. The molecule has 4 aromatic rings. The van der Waals surface area contributed by atoms with Crippen LogP contribution in [0.25, 0.3) is 32.6 Å². The van der Waals surface area contributed by atoms with E-state index in [-0.39, 0.29) is 0 Å². The summed E-state index contributed by atoms with van der Waals surface area (Å²) >= 11 is 0. The number of fused-ring (bicyclic) bond motifs is 4. The monoisotopic (exact) mass is 261 g/mol. The summed E-state index contributed by atoms with van der Waals surface area (Å²) in [5.74, 6) is 1.11. The van der Waals surface area contributed by atoms with Gasteiger partial charge in [-0.25, -0.2) is 4.98 Å². The second-order valence-corrected chi connectivity index (χ2v) is 5.53. The van der Waals surface area contributed by atoms with Gasteiger partial charge in [0.2, 0.25) is 0 Å². The number of benzene rings is 3. The molecule has 0 amide bonds. The molecule has 0 aliphatic heterocycles. The molecule has 0 bridgehead atoms. The van der Waals surface area contributed by atoms with Crippen molar-refractivity contribution in [2.75, 3.05) is 0 Å². The lowest BCUT2D eigenvalue weighted by molar-refractivity contribution is 0.501. The van der Waals surface area contributed by atoms with Gasteiger partial charge in [0.05, 0.1) is 0 Å². The first-order chi connectivity index (χ1) is 9.72. The summed E-state index contributed by atoms with van der Waals surface area (Å²) in [7, 11) is 0. The minimum Gasteiger partial charge on any atom is -0.440 e. The number of hydrogen-bond acceptors (Lipinski definition) is 2. The normalized spacial score (nSPS) is 11.9. The van der Waals surface area contributed by atoms with E-state index in [0.717, 1.165) is 17.0 Å². The fourth-order valence-electron chi connectivity index (χ4n) is 2.69.